The number of hydrogen-bond donors (Lipinski definition) is 0. The first kappa shape index (κ1) is 16.2. The van der Waals surface area contributed by atoms with Crippen LogP contribution >= 0.6 is 0 Å². The van der Waals surface area contributed by atoms with Gasteiger partial charge in [0.15, 0.2) is 0 Å². The molecule has 2 fully saturated rings. The minimum Gasteiger partial charge on any atom is -0.342 e. The summed E-state index contributed by atoms with van der Waals surface area (Å²) in [4.78, 5) is 29.0. The van der Waals surface area contributed by atoms with Gasteiger partial charge in [-0.05, 0) is 31.9 Å². The van der Waals surface area contributed by atoms with Crippen LogP contribution in [0.1, 0.15) is 36.7 Å². The summed E-state index contributed by atoms with van der Waals surface area (Å²) < 4.78 is 1.99. The van der Waals surface area contributed by atoms with E-state index in [0.717, 1.165) is 55.6 Å². The Hall–Kier alpha value is -2.30. The van der Waals surface area contributed by atoms with Crippen LogP contribution in [0.25, 0.3) is 10.9 Å². The molecule has 25 heavy (non-hydrogen) atoms. The number of fused-ring (bicyclic) bond motifs is 1. The van der Waals surface area contributed by atoms with Gasteiger partial charge in [0, 0.05) is 56.0 Å². The van der Waals surface area contributed by atoms with Crippen molar-refractivity contribution < 1.29 is 9.59 Å². The number of nitrogens with zero attached hydrogens (tertiary/aromatic N) is 3. The standard InChI is InChI=1S/C20H25N3O2/c1-3-22-14-20(13-18(22)24)8-10-23(11-9-20)19(25)17-12-15-6-4-5-7-16(15)21(17)2/h4-7,12H,3,8-11,13-14H2,1-2H3. The van der Waals surface area contributed by atoms with E-state index in [4.69, 9.17) is 0 Å². The lowest BCUT2D eigenvalue weighted by atomic mass is 9.77. The molecule has 0 bridgehead atoms. The molecule has 0 aliphatic carbocycles. The highest BCUT2D eigenvalue weighted by atomic mass is 16.2. The van der Waals surface area contributed by atoms with Gasteiger partial charge in [-0.3, -0.25) is 9.59 Å². The zero-order chi connectivity index (χ0) is 17.6. The molecule has 1 spiro atoms. The smallest absolute Gasteiger partial charge is 0.270 e. The highest BCUT2D eigenvalue weighted by molar-refractivity contribution is 5.98. The maximum atomic E-state index is 13.0. The monoisotopic (exact) mass is 339 g/mol. The van der Waals surface area contributed by atoms with E-state index in [1.54, 1.807) is 0 Å². The summed E-state index contributed by atoms with van der Waals surface area (Å²) >= 11 is 0. The maximum absolute atomic E-state index is 13.0. The normalized spacial score (nSPS) is 20.0. The van der Waals surface area contributed by atoms with E-state index in [0.29, 0.717) is 6.42 Å². The van der Waals surface area contributed by atoms with Gasteiger partial charge in [0.2, 0.25) is 5.91 Å². The minimum atomic E-state index is 0.0861. The molecule has 2 saturated heterocycles. The molecule has 2 amide bonds. The van der Waals surface area contributed by atoms with Crippen LogP contribution < -0.4 is 0 Å². The Bertz CT molecular complexity index is 831. The number of para-hydroxylation sites is 1. The number of hydrogen-bond acceptors (Lipinski definition) is 2. The number of likely N-dealkylation sites (tertiary alicyclic amines) is 2. The summed E-state index contributed by atoms with van der Waals surface area (Å²) in [5, 5.41) is 1.10. The first-order chi connectivity index (χ1) is 12.0. The summed E-state index contributed by atoms with van der Waals surface area (Å²) in [6, 6.07) is 10.1. The predicted octanol–water partition coefficient (Wildman–Crippen LogP) is 2.65. The molecule has 5 heteroatoms. The second-order valence-corrected chi connectivity index (χ2v) is 7.52. The van der Waals surface area contributed by atoms with Crippen LogP contribution in [-0.2, 0) is 11.8 Å². The number of carbonyl (C=O) groups is 2. The van der Waals surface area contributed by atoms with Crippen molar-refractivity contribution in [3.05, 3.63) is 36.0 Å². The number of rotatable bonds is 2. The lowest BCUT2D eigenvalue weighted by Crippen LogP contribution is -2.44. The molecule has 0 unspecified atom stereocenters. The number of amides is 2. The molecule has 0 radical (unpaired) electrons. The van der Waals surface area contributed by atoms with Crippen LogP contribution in [0.15, 0.2) is 30.3 Å². The molecular formula is C20H25N3O2. The third-order valence-corrected chi connectivity index (χ3v) is 6.07. The van der Waals surface area contributed by atoms with Crippen molar-refractivity contribution in [1.29, 1.82) is 0 Å². The van der Waals surface area contributed by atoms with Gasteiger partial charge in [0.05, 0.1) is 0 Å². The minimum absolute atomic E-state index is 0.0861. The molecule has 0 N–H and O–H groups in total. The number of aromatic nitrogens is 1. The molecule has 2 aliphatic rings. The van der Waals surface area contributed by atoms with Crippen LogP contribution in [0.5, 0.6) is 0 Å². The fourth-order valence-electron chi connectivity index (χ4n) is 4.44. The first-order valence-electron chi connectivity index (χ1n) is 9.14. The molecule has 1 aromatic heterocycles. The van der Waals surface area contributed by atoms with Crippen LogP contribution in [0, 0.1) is 5.41 Å². The summed E-state index contributed by atoms with van der Waals surface area (Å²) in [5.41, 5.74) is 1.91. The number of piperidine rings is 1. The fraction of sp³-hybridized carbons (Fsp3) is 0.500. The topological polar surface area (TPSA) is 45.5 Å². The Morgan fingerprint density at radius 3 is 2.56 bits per heavy atom. The van der Waals surface area contributed by atoms with Gasteiger partial charge in [-0.15, -0.1) is 0 Å². The second-order valence-electron chi connectivity index (χ2n) is 7.52. The second kappa shape index (κ2) is 5.90. The predicted molar refractivity (Wildman–Crippen MR) is 97.4 cm³/mol. The molecule has 0 atom stereocenters. The Kier molecular flexibility index (Phi) is 3.82. The molecule has 1 aromatic carbocycles. The molecule has 0 saturated carbocycles. The SMILES string of the molecule is CCN1CC2(CCN(C(=O)c3cc4ccccc4n3C)CC2)CC1=O. The van der Waals surface area contributed by atoms with E-state index in [1.807, 2.05) is 58.7 Å². The van der Waals surface area contributed by atoms with E-state index in [1.165, 1.54) is 0 Å². The zero-order valence-electron chi connectivity index (χ0n) is 15.0. The van der Waals surface area contributed by atoms with Gasteiger partial charge in [-0.1, -0.05) is 18.2 Å². The quantitative estimate of drug-likeness (QED) is 0.844. The lowest BCUT2D eigenvalue weighted by molar-refractivity contribution is -0.127. The Morgan fingerprint density at radius 1 is 1.20 bits per heavy atom. The highest BCUT2D eigenvalue weighted by Gasteiger charge is 2.45. The molecule has 4 rings (SSSR count). The van der Waals surface area contributed by atoms with Gasteiger partial charge in [0.1, 0.15) is 5.69 Å². The van der Waals surface area contributed by atoms with Crippen molar-refractivity contribution in [1.82, 2.24) is 14.4 Å². The van der Waals surface area contributed by atoms with Crippen molar-refractivity contribution in [2.75, 3.05) is 26.2 Å². The third kappa shape index (κ3) is 2.62. The molecular weight excluding hydrogens is 314 g/mol. The highest BCUT2D eigenvalue weighted by Crippen LogP contribution is 2.41. The van der Waals surface area contributed by atoms with Gasteiger partial charge < -0.3 is 14.4 Å². The van der Waals surface area contributed by atoms with Crippen LogP contribution in [0.3, 0.4) is 0 Å². The largest absolute Gasteiger partial charge is 0.342 e. The summed E-state index contributed by atoms with van der Waals surface area (Å²) in [5.74, 6) is 0.376. The number of benzene rings is 1. The summed E-state index contributed by atoms with van der Waals surface area (Å²) in [7, 11) is 1.95. The fourth-order valence-corrected chi connectivity index (χ4v) is 4.44. The van der Waals surface area contributed by atoms with E-state index in [9.17, 15) is 9.59 Å². The van der Waals surface area contributed by atoms with E-state index in [2.05, 4.69) is 0 Å². The van der Waals surface area contributed by atoms with Gasteiger partial charge in [-0.25, -0.2) is 0 Å². The van der Waals surface area contributed by atoms with Crippen molar-refractivity contribution in [2.45, 2.75) is 26.2 Å². The number of aryl methyl sites for hydroxylation is 1. The average molecular weight is 339 g/mol. The van der Waals surface area contributed by atoms with E-state index < -0.39 is 0 Å². The molecule has 3 heterocycles. The first-order valence-corrected chi connectivity index (χ1v) is 9.14. The van der Waals surface area contributed by atoms with Crippen molar-refractivity contribution in [3.63, 3.8) is 0 Å². The Morgan fingerprint density at radius 2 is 1.92 bits per heavy atom. The van der Waals surface area contributed by atoms with Gasteiger partial charge in [0.25, 0.3) is 5.91 Å². The van der Waals surface area contributed by atoms with E-state index in [-0.39, 0.29) is 17.2 Å². The molecule has 5 nitrogen and oxygen atoms in total. The third-order valence-electron chi connectivity index (χ3n) is 6.07. The zero-order valence-corrected chi connectivity index (χ0v) is 15.0. The van der Waals surface area contributed by atoms with Crippen molar-refractivity contribution in [3.8, 4) is 0 Å². The molecule has 132 valence electrons. The van der Waals surface area contributed by atoms with Gasteiger partial charge >= 0.3 is 0 Å². The maximum Gasteiger partial charge on any atom is 0.270 e. The van der Waals surface area contributed by atoms with Gasteiger partial charge in [-0.2, -0.15) is 0 Å². The summed E-state index contributed by atoms with van der Waals surface area (Å²) in [6.07, 6.45) is 2.49. The lowest BCUT2D eigenvalue weighted by Gasteiger charge is -2.38. The Labute approximate surface area is 148 Å². The number of carbonyl (C=O) groups excluding carboxylic acids is 2. The Balaban J connectivity index is 1.50. The molecule has 2 aromatic rings. The van der Waals surface area contributed by atoms with Crippen LogP contribution in [0.2, 0.25) is 0 Å². The van der Waals surface area contributed by atoms with Crippen molar-refractivity contribution >= 4 is 22.7 Å². The van der Waals surface area contributed by atoms with Crippen molar-refractivity contribution in [2.24, 2.45) is 12.5 Å². The van der Waals surface area contributed by atoms with Crippen LogP contribution in [0.4, 0.5) is 0 Å². The summed E-state index contributed by atoms with van der Waals surface area (Å²) in [6.45, 7) is 5.17. The molecule has 2 aliphatic heterocycles. The van der Waals surface area contributed by atoms with E-state index >= 15 is 0 Å². The van der Waals surface area contributed by atoms with Crippen LogP contribution in [-0.4, -0.2) is 52.4 Å². The average Bonchev–Trinajstić information content (AvgIpc) is 3.12.